The standard InChI is InChI=1S/C15H22FNO/c1-12(2)17-9-7-15(18,8-10-17)11-13-5-3-4-6-14(13)16/h3-6,12,18H,7-11H2,1-2H3. The highest BCUT2D eigenvalue weighted by molar-refractivity contribution is 5.19. The Labute approximate surface area is 108 Å². The molecule has 3 heteroatoms. The zero-order valence-electron chi connectivity index (χ0n) is 11.2. The molecule has 0 spiro atoms. The minimum atomic E-state index is -0.742. The molecule has 1 fully saturated rings. The van der Waals surface area contributed by atoms with Gasteiger partial charge in [-0.25, -0.2) is 4.39 Å². The summed E-state index contributed by atoms with van der Waals surface area (Å²) >= 11 is 0. The highest BCUT2D eigenvalue weighted by Gasteiger charge is 2.33. The van der Waals surface area contributed by atoms with E-state index in [0.717, 1.165) is 25.9 Å². The first kappa shape index (κ1) is 13.5. The topological polar surface area (TPSA) is 23.5 Å². The molecule has 2 nitrogen and oxygen atoms in total. The Balaban J connectivity index is 2.00. The molecule has 0 aliphatic carbocycles. The molecule has 0 radical (unpaired) electrons. The molecule has 0 saturated carbocycles. The molecule has 1 aromatic rings. The van der Waals surface area contributed by atoms with Gasteiger partial charge in [0.25, 0.3) is 0 Å². The van der Waals surface area contributed by atoms with Gasteiger partial charge in [0.2, 0.25) is 0 Å². The molecule has 1 saturated heterocycles. The van der Waals surface area contributed by atoms with Crippen LogP contribution >= 0.6 is 0 Å². The van der Waals surface area contributed by atoms with Crippen LogP contribution in [0.15, 0.2) is 24.3 Å². The molecule has 0 bridgehead atoms. The SMILES string of the molecule is CC(C)N1CCC(O)(Cc2ccccc2F)CC1. The second-order valence-corrected chi connectivity index (χ2v) is 5.62. The van der Waals surface area contributed by atoms with Crippen molar-refractivity contribution in [2.45, 2.75) is 44.8 Å². The highest BCUT2D eigenvalue weighted by atomic mass is 19.1. The smallest absolute Gasteiger partial charge is 0.126 e. The van der Waals surface area contributed by atoms with Crippen LogP contribution in [0.4, 0.5) is 4.39 Å². The van der Waals surface area contributed by atoms with Crippen molar-refractivity contribution in [1.29, 1.82) is 0 Å². The average molecular weight is 251 g/mol. The van der Waals surface area contributed by atoms with E-state index in [2.05, 4.69) is 18.7 Å². The third-order valence-corrected chi connectivity index (χ3v) is 3.94. The zero-order valence-corrected chi connectivity index (χ0v) is 11.2. The van der Waals surface area contributed by atoms with Crippen molar-refractivity contribution in [3.63, 3.8) is 0 Å². The average Bonchev–Trinajstić information content (AvgIpc) is 2.32. The Kier molecular flexibility index (Phi) is 4.03. The van der Waals surface area contributed by atoms with Crippen molar-refractivity contribution < 1.29 is 9.50 Å². The number of halogens is 1. The predicted molar refractivity (Wildman–Crippen MR) is 71.0 cm³/mol. The van der Waals surface area contributed by atoms with Gasteiger partial charge in [-0.15, -0.1) is 0 Å². The van der Waals surface area contributed by atoms with Gasteiger partial charge in [0, 0.05) is 25.6 Å². The van der Waals surface area contributed by atoms with Crippen molar-refractivity contribution in [2.24, 2.45) is 0 Å². The number of benzene rings is 1. The molecule has 18 heavy (non-hydrogen) atoms. The third kappa shape index (κ3) is 3.09. The fourth-order valence-corrected chi connectivity index (χ4v) is 2.63. The van der Waals surface area contributed by atoms with E-state index in [4.69, 9.17) is 0 Å². The number of nitrogens with zero attached hydrogens (tertiary/aromatic N) is 1. The molecule has 0 amide bonds. The Morgan fingerprint density at radius 1 is 1.28 bits per heavy atom. The van der Waals surface area contributed by atoms with E-state index in [1.807, 2.05) is 6.07 Å². The second-order valence-electron chi connectivity index (χ2n) is 5.62. The summed E-state index contributed by atoms with van der Waals surface area (Å²) in [6, 6.07) is 7.25. The first-order valence-electron chi connectivity index (χ1n) is 6.70. The quantitative estimate of drug-likeness (QED) is 0.892. The molecule has 1 aromatic carbocycles. The molecule has 1 aliphatic heterocycles. The summed E-state index contributed by atoms with van der Waals surface area (Å²) in [7, 11) is 0. The van der Waals surface area contributed by atoms with Crippen LogP contribution in [0.2, 0.25) is 0 Å². The summed E-state index contributed by atoms with van der Waals surface area (Å²) in [5, 5.41) is 10.6. The summed E-state index contributed by atoms with van der Waals surface area (Å²) in [6.45, 7) is 6.12. The van der Waals surface area contributed by atoms with Crippen LogP contribution in [0.25, 0.3) is 0 Å². The van der Waals surface area contributed by atoms with Crippen LogP contribution in [0.3, 0.4) is 0 Å². The Morgan fingerprint density at radius 2 is 1.89 bits per heavy atom. The zero-order chi connectivity index (χ0) is 13.2. The lowest BCUT2D eigenvalue weighted by atomic mass is 9.85. The van der Waals surface area contributed by atoms with Crippen LogP contribution in [0.5, 0.6) is 0 Å². The molecule has 1 heterocycles. The minimum absolute atomic E-state index is 0.211. The van der Waals surface area contributed by atoms with E-state index >= 15 is 0 Å². The maximum absolute atomic E-state index is 13.6. The van der Waals surface area contributed by atoms with Gasteiger partial charge in [-0.2, -0.15) is 0 Å². The van der Waals surface area contributed by atoms with Gasteiger partial charge >= 0.3 is 0 Å². The van der Waals surface area contributed by atoms with Crippen LogP contribution < -0.4 is 0 Å². The molecule has 1 aliphatic rings. The molecule has 0 unspecified atom stereocenters. The van der Waals surface area contributed by atoms with E-state index in [-0.39, 0.29) is 5.82 Å². The van der Waals surface area contributed by atoms with Gasteiger partial charge in [-0.3, -0.25) is 0 Å². The summed E-state index contributed by atoms with van der Waals surface area (Å²) in [6.07, 6.45) is 1.87. The Bertz CT molecular complexity index is 397. The van der Waals surface area contributed by atoms with Gasteiger partial charge in [-0.05, 0) is 38.3 Å². The number of aliphatic hydroxyl groups is 1. The molecular formula is C15H22FNO. The van der Waals surface area contributed by atoms with Crippen molar-refractivity contribution in [3.05, 3.63) is 35.6 Å². The Morgan fingerprint density at radius 3 is 2.44 bits per heavy atom. The van der Waals surface area contributed by atoms with Crippen LogP contribution in [-0.4, -0.2) is 34.7 Å². The van der Waals surface area contributed by atoms with Gasteiger partial charge in [0.05, 0.1) is 5.60 Å². The molecule has 0 atom stereocenters. The van der Waals surface area contributed by atoms with Crippen LogP contribution in [0, 0.1) is 5.82 Å². The van der Waals surface area contributed by atoms with Crippen LogP contribution in [-0.2, 0) is 6.42 Å². The van der Waals surface area contributed by atoms with Gasteiger partial charge in [0.15, 0.2) is 0 Å². The lowest BCUT2D eigenvalue weighted by Gasteiger charge is -2.40. The molecular weight excluding hydrogens is 229 g/mol. The maximum atomic E-state index is 13.6. The first-order chi connectivity index (χ1) is 8.50. The summed E-state index contributed by atoms with van der Waals surface area (Å²) in [4.78, 5) is 2.36. The van der Waals surface area contributed by atoms with E-state index in [0.29, 0.717) is 18.0 Å². The monoisotopic (exact) mass is 251 g/mol. The molecule has 2 rings (SSSR count). The number of piperidine rings is 1. The largest absolute Gasteiger partial charge is 0.389 e. The normalized spacial score (nSPS) is 20.3. The number of hydrogen-bond acceptors (Lipinski definition) is 2. The highest BCUT2D eigenvalue weighted by Crippen LogP contribution is 2.28. The maximum Gasteiger partial charge on any atom is 0.126 e. The Hall–Kier alpha value is -0.930. The van der Waals surface area contributed by atoms with E-state index in [9.17, 15) is 9.50 Å². The number of likely N-dealkylation sites (tertiary alicyclic amines) is 1. The third-order valence-electron chi connectivity index (χ3n) is 3.94. The van der Waals surface area contributed by atoms with E-state index in [1.165, 1.54) is 6.07 Å². The van der Waals surface area contributed by atoms with E-state index < -0.39 is 5.60 Å². The lowest BCUT2D eigenvalue weighted by molar-refractivity contribution is -0.0276. The van der Waals surface area contributed by atoms with Gasteiger partial charge < -0.3 is 10.0 Å². The fraction of sp³-hybridized carbons (Fsp3) is 0.600. The van der Waals surface area contributed by atoms with Gasteiger partial charge in [-0.1, -0.05) is 18.2 Å². The summed E-state index contributed by atoms with van der Waals surface area (Å²) < 4.78 is 13.6. The van der Waals surface area contributed by atoms with Crippen molar-refractivity contribution in [1.82, 2.24) is 4.90 Å². The van der Waals surface area contributed by atoms with Crippen molar-refractivity contribution in [2.75, 3.05) is 13.1 Å². The first-order valence-corrected chi connectivity index (χ1v) is 6.70. The fourth-order valence-electron chi connectivity index (χ4n) is 2.63. The van der Waals surface area contributed by atoms with Crippen molar-refractivity contribution in [3.8, 4) is 0 Å². The lowest BCUT2D eigenvalue weighted by Crippen LogP contribution is -2.47. The van der Waals surface area contributed by atoms with Crippen LogP contribution in [0.1, 0.15) is 32.3 Å². The minimum Gasteiger partial charge on any atom is -0.389 e. The molecule has 100 valence electrons. The summed E-state index contributed by atoms with van der Waals surface area (Å²) in [5.41, 5.74) is -0.119. The molecule has 1 N–H and O–H groups in total. The molecule has 0 aromatic heterocycles. The predicted octanol–water partition coefficient (Wildman–Crippen LogP) is 2.60. The summed E-state index contributed by atoms with van der Waals surface area (Å²) in [5.74, 6) is -0.211. The van der Waals surface area contributed by atoms with Crippen molar-refractivity contribution >= 4 is 0 Å². The second kappa shape index (κ2) is 5.37. The number of rotatable bonds is 3. The van der Waals surface area contributed by atoms with E-state index in [1.54, 1.807) is 12.1 Å². The number of hydrogen-bond donors (Lipinski definition) is 1. The van der Waals surface area contributed by atoms with Gasteiger partial charge in [0.1, 0.15) is 5.82 Å².